The lowest BCUT2D eigenvalue weighted by Gasteiger charge is -2.21. The molecule has 0 aliphatic rings. The van der Waals surface area contributed by atoms with Gasteiger partial charge in [-0.2, -0.15) is 0 Å². The summed E-state index contributed by atoms with van der Waals surface area (Å²) in [6, 6.07) is 13.2. The Bertz CT molecular complexity index is 586. The van der Waals surface area contributed by atoms with E-state index in [0.29, 0.717) is 4.47 Å². The highest BCUT2D eigenvalue weighted by Crippen LogP contribution is 2.24. The van der Waals surface area contributed by atoms with Crippen LogP contribution in [0.3, 0.4) is 0 Å². The zero-order valence-electron chi connectivity index (χ0n) is 11.3. The third-order valence-electron chi connectivity index (χ3n) is 3.31. The summed E-state index contributed by atoms with van der Waals surface area (Å²) in [4.78, 5) is 0. The lowest BCUT2D eigenvalue weighted by Crippen LogP contribution is -2.22. The maximum absolute atomic E-state index is 13.2. The molecule has 0 saturated carbocycles. The first-order valence-electron chi connectivity index (χ1n) is 6.44. The van der Waals surface area contributed by atoms with Crippen molar-refractivity contribution in [2.75, 3.05) is 0 Å². The SMILES string of the molecule is CC(N[C@H](C)c1ccc(Cl)cc1)c1ccc(F)c(Br)c1. The molecule has 2 aromatic carbocycles. The van der Waals surface area contributed by atoms with Crippen molar-refractivity contribution in [2.45, 2.75) is 25.9 Å². The molecular weight excluding hydrogens is 341 g/mol. The molecule has 2 rings (SSSR count). The second kappa shape index (κ2) is 6.70. The second-order valence-corrected chi connectivity index (χ2v) is 6.13. The maximum Gasteiger partial charge on any atom is 0.137 e. The molecule has 0 aliphatic carbocycles. The van der Waals surface area contributed by atoms with Crippen LogP contribution < -0.4 is 5.32 Å². The monoisotopic (exact) mass is 355 g/mol. The molecule has 0 radical (unpaired) electrons. The Hall–Kier alpha value is -0.900. The third kappa shape index (κ3) is 3.81. The number of hydrogen-bond acceptors (Lipinski definition) is 1. The fourth-order valence-corrected chi connectivity index (χ4v) is 2.62. The van der Waals surface area contributed by atoms with Crippen LogP contribution in [0, 0.1) is 5.82 Å². The van der Waals surface area contributed by atoms with E-state index in [9.17, 15) is 4.39 Å². The van der Waals surface area contributed by atoms with Gasteiger partial charge in [0.25, 0.3) is 0 Å². The van der Waals surface area contributed by atoms with E-state index >= 15 is 0 Å². The molecule has 0 bridgehead atoms. The van der Waals surface area contributed by atoms with Crippen molar-refractivity contribution in [3.05, 3.63) is 68.9 Å². The quantitative estimate of drug-likeness (QED) is 0.746. The number of nitrogens with one attached hydrogen (secondary N) is 1. The van der Waals surface area contributed by atoms with Crippen molar-refractivity contribution in [3.63, 3.8) is 0 Å². The molecule has 0 aliphatic heterocycles. The maximum atomic E-state index is 13.2. The van der Waals surface area contributed by atoms with Crippen LogP contribution in [0.5, 0.6) is 0 Å². The van der Waals surface area contributed by atoms with Gasteiger partial charge in [0.2, 0.25) is 0 Å². The first-order valence-corrected chi connectivity index (χ1v) is 7.61. The Morgan fingerprint density at radius 3 is 2.15 bits per heavy atom. The summed E-state index contributed by atoms with van der Waals surface area (Å²) < 4.78 is 13.7. The van der Waals surface area contributed by atoms with Crippen LogP contribution in [0.4, 0.5) is 4.39 Å². The molecule has 2 atom stereocenters. The first-order chi connectivity index (χ1) is 9.47. The Kier molecular flexibility index (Phi) is 5.19. The zero-order chi connectivity index (χ0) is 14.7. The van der Waals surface area contributed by atoms with Crippen molar-refractivity contribution in [3.8, 4) is 0 Å². The highest BCUT2D eigenvalue weighted by atomic mass is 79.9. The molecule has 1 nitrogen and oxygen atoms in total. The molecule has 0 saturated heterocycles. The molecule has 0 fully saturated rings. The van der Waals surface area contributed by atoms with Crippen LogP contribution in [0.1, 0.15) is 37.1 Å². The van der Waals surface area contributed by atoms with E-state index in [0.717, 1.165) is 10.6 Å². The molecule has 20 heavy (non-hydrogen) atoms. The average Bonchev–Trinajstić information content (AvgIpc) is 2.42. The van der Waals surface area contributed by atoms with E-state index in [4.69, 9.17) is 11.6 Å². The molecule has 0 aromatic heterocycles. The molecule has 1 N–H and O–H groups in total. The molecule has 0 amide bonds. The van der Waals surface area contributed by atoms with Crippen molar-refractivity contribution in [1.29, 1.82) is 0 Å². The van der Waals surface area contributed by atoms with E-state index in [1.807, 2.05) is 30.3 Å². The molecule has 1 unspecified atom stereocenters. The minimum absolute atomic E-state index is 0.123. The lowest BCUT2D eigenvalue weighted by molar-refractivity contribution is 0.493. The van der Waals surface area contributed by atoms with Gasteiger partial charge in [-0.05, 0) is 65.2 Å². The van der Waals surface area contributed by atoms with Gasteiger partial charge >= 0.3 is 0 Å². The van der Waals surface area contributed by atoms with E-state index in [1.165, 1.54) is 11.6 Å². The van der Waals surface area contributed by atoms with E-state index in [2.05, 4.69) is 35.1 Å². The molecule has 0 spiro atoms. The highest BCUT2D eigenvalue weighted by molar-refractivity contribution is 9.10. The first kappa shape index (κ1) is 15.5. The molecule has 106 valence electrons. The topological polar surface area (TPSA) is 12.0 Å². The average molecular weight is 357 g/mol. The van der Waals surface area contributed by atoms with Gasteiger partial charge in [-0.25, -0.2) is 4.39 Å². The Morgan fingerprint density at radius 1 is 1.00 bits per heavy atom. The molecular formula is C16H16BrClFN. The predicted octanol–water partition coefficient (Wildman–Crippen LogP) is 5.65. The minimum atomic E-state index is -0.244. The zero-order valence-corrected chi connectivity index (χ0v) is 13.7. The molecule has 2 aromatic rings. The van der Waals surface area contributed by atoms with Crippen molar-refractivity contribution in [1.82, 2.24) is 5.32 Å². The van der Waals surface area contributed by atoms with Gasteiger partial charge in [0.15, 0.2) is 0 Å². The summed E-state index contributed by atoms with van der Waals surface area (Å²) in [5.74, 6) is -0.244. The van der Waals surface area contributed by atoms with Crippen molar-refractivity contribution in [2.24, 2.45) is 0 Å². The summed E-state index contributed by atoms with van der Waals surface area (Å²) in [5, 5.41) is 4.23. The van der Waals surface area contributed by atoms with Gasteiger partial charge in [0.05, 0.1) is 4.47 Å². The molecule has 4 heteroatoms. The van der Waals surface area contributed by atoms with Crippen molar-refractivity contribution < 1.29 is 4.39 Å². The molecule has 0 heterocycles. The van der Waals surface area contributed by atoms with Gasteiger partial charge in [0.1, 0.15) is 5.82 Å². The fourth-order valence-electron chi connectivity index (χ4n) is 2.10. The largest absolute Gasteiger partial charge is 0.304 e. The van der Waals surface area contributed by atoms with Crippen LogP contribution in [0.25, 0.3) is 0 Å². The third-order valence-corrected chi connectivity index (χ3v) is 4.17. The predicted molar refractivity (Wildman–Crippen MR) is 85.5 cm³/mol. The number of halogens is 3. The van der Waals surface area contributed by atoms with E-state index < -0.39 is 0 Å². The Balaban J connectivity index is 2.08. The van der Waals surface area contributed by atoms with Crippen LogP contribution >= 0.6 is 27.5 Å². The normalized spacial score (nSPS) is 14.1. The van der Waals surface area contributed by atoms with E-state index in [-0.39, 0.29) is 17.9 Å². The standard InChI is InChI=1S/C16H16BrClFN/c1-10(12-3-6-14(18)7-4-12)20-11(2)13-5-8-16(19)15(17)9-13/h3-11,20H,1-2H3/t10-,11?/m1/s1. The van der Waals surface area contributed by atoms with Crippen LogP contribution in [-0.4, -0.2) is 0 Å². The minimum Gasteiger partial charge on any atom is -0.304 e. The smallest absolute Gasteiger partial charge is 0.137 e. The summed E-state index contributed by atoms with van der Waals surface area (Å²) in [6.07, 6.45) is 0. The van der Waals surface area contributed by atoms with Gasteiger partial charge in [-0.3, -0.25) is 0 Å². The lowest BCUT2D eigenvalue weighted by atomic mass is 10.0. The van der Waals surface area contributed by atoms with Gasteiger partial charge < -0.3 is 5.32 Å². The summed E-state index contributed by atoms with van der Waals surface area (Å²) in [5.41, 5.74) is 2.21. The number of rotatable bonds is 4. The van der Waals surface area contributed by atoms with Crippen molar-refractivity contribution >= 4 is 27.5 Å². The second-order valence-electron chi connectivity index (χ2n) is 4.84. The van der Waals surface area contributed by atoms with Crippen LogP contribution in [-0.2, 0) is 0 Å². The van der Waals surface area contributed by atoms with Gasteiger partial charge in [0, 0.05) is 17.1 Å². The van der Waals surface area contributed by atoms with E-state index in [1.54, 1.807) is 6.07 Å². The summed E-state index contributed by atoms with van der Waals surface area (Å²) >= 11 is 9.11. The Morgan fingerprint density at radius 2 is 1.55 bits per heavy atom. The number of hydrogen-bond donors (Lipinski definition) is 1. The van der Waals surface area contributed by atoms with Gasteiger partial charge in [-0.15, -0.1) is 0 Å². The van der Waals surface area contributed by atoms with Crippen LogP contribution in [0.2, 0.25) is 5.02 Å². The summed E-state index contributed by atoms with van der Waals surface area (Å²) in [6.45, 7) is 4.16. The Labute approximate surface area is 132 Å². The van der Waals surface area contributed by atoms with Crippen LogP contribution in [0.15, 0.2) is 46.9 Å². The number of benzene rings is 2. The summed E-state index contributed by atoms with van der Waals surface area (Å²) in [7, 11) is 0. The highest BCUT2D eigenvalue weighted by Gasteiger charge is 2.12. The van der Waals surface area contributed by atoms with Gasteiger partial charge in [-0.1, -0.05) is 29.8 Å². The fraction of sp³-hybridized carbons (Fsp3) is 0.250.